The number of aromatic nitrogens is 1. The number of guanidine groups is 1. The van der Waals surface area contributed by atoms with Crippen molar-refractivity contribution in [3.63, 3.8) is 0 Å². The van der Waals surface area contributed by atoms with Gasteiger partial charge in [0.1, 0.15) is 6.61 Å². The average molecular weight is 348 g/mol. The maximum atomic E-state index is 5.91. The number of aliphatic imine (C=N–C) groups is 1. The third kappa shape index (κ3) is 4.83. The molecular formula is C18H28N4O3. The average Bonchev–Trinajstić information content (AvgIpc) is 3.24. The van der Waals surface area contributed by atoms with Crippen molar-refractivity contribution in [3.05, 3.63) is 23.9 Å². The molecule has 2 aliphatic rings. The van der Waals surface area contributed by atoms with Crippen molar-refractivity contribution in [2.45, 2.75) is 51.0 Å². The van der Waals surface area contributed by atoms with Crippen molar-refractivity contribution in [3.8, 4) is 5.88 Å². The topological polar surface area (TPSA) is 77.0 Å². The lowest BCUT2D eigenvalue weighted by Crippen LogP contribution is -2.47. The van der Waals surface area contributed by atoms with Gasteiger partial charge in [-0.1, -0.05) is 6.07 Å². The van der Waals surface area contributed by atoms with E-state index in [0.717, 1.165) is 30.9 Å². The van der Waals surface area contributed by atoms with Gasteiger partial charge >= 0.3 is 0 Å². The van der Waals surface area contributed by atoms with Gasteiger partial charge in [-0.3, -0.25) is 0 Å². The van der Waals surface area contributed by atoms with Gasteiger partial charge in [0.15, 0.2) is 5.96 Å². The monoisotopic (exact) mass is 348 g/mol. The van der Waals surface area contributed by atoms with Crippen LogP contribution >= 0.6 is 0 Å². The predicted molar refractivity (Wildman–Crippen MR) is 95.9 cm³/mol. The maximum Gasteiger partial charge on any atom is 0.218 e. The SMILES string of the molecule is CCNC(=NCc1cccnc1OCCOC)NC1CC2CCC1O2. The highest BCUT2D eigenvalue weighted by Crippen LogP contribution is 2.34. The van der Waals surface area contributed by atoms with Gasteiger partial charge in [0.2, 0.25) is 5.88 Å². The molecule has 7 heteroatoms. The summed E-state index contributed by atoms with van der Waals surface area (Å²) in [6.45, 7) is 4.40. The molecule has 0 radical (unpaired) electrons. The molecule has 2 saturated heterocycles. The van der Waals surface area contributed by atoms with E-state index in [1.807, 2.05) is 12.1 Å². The Bertz CT molecular complexity index is 581. The molecule has 25 heavy (non-hydrogen) atoms. The van der Waals surface area contributed by atoms with E-state index in [4.69, 9.17) is 19.2 Å². The minimum atomic E-state index is 0.320. The first kappa shape index (κ1) is 17.9. The predicted octanol–water partition coefficient (Wildman–Crippen LogP) is 1.48. The second-order valence-electron chi connectivity index (χ2n) is 6.36. The molecule has 0 saturated carbocycles. The van der Waals surface area contributed by atoms with Crippen LogP contribution in [0, 0.1) is 0 Å². The lowest BCUT2D eigenvalue weighted by atomic mass is 9.96. The van der Waals surface area contributed by atoms with Crippen molar-refractivity contribution in [1.29, 1.82) is 0 Å². The van der Waals surface area contributed by atoms with E-state index in [-0.39, 0.29) is 0 Å². The zero-order chi connectivity index (χ0) is 17.5. The number of methoxy groups -OCH3 is 1. The van der Waals surface area contributed by atoms with Gasteiger partial charge in [-0.2, -0.15) is 0 Å². The molecule has 2 bridgehead atoms. The smallest absolute Gasteiger partial charge is 0.218 e. The fourth-order valence-electron chi connectivity index (χ4n) is 3.35. The lowest BCUT2D eigenvalue weighted by Gasteiger charge is -2.22. The van der Waals surface area contributed by atoms with E-state index >= 15 is 0 Å². The second kappa shape index (κ2) is 9.01. The Morgan fingerprint density at radius 1 is 1.40 bits per heavy atom. The molecule has 0 amide bonds. The summed E-state index contributed by atoms with van der Waals surface area (Å²) in [5.41, 5.74) is 0.958. The molecule has 3 atom stereocenters. The van der Waals surface area contributed by atoms with Gasteiger partial charge in [0.25, 0.3) is 0 Å². The van der Waals surface area contributed by atoms with Crippen LogP contribution in [0.5, 0.6) is 5.88 Å². The number of hydrogen-bond acceptors (Lipinski definition) is 5. The van der Waals surface area contributed by atoms with Gasteiger partial charge in [0.05, 0.1) is 31.4 Å². The van der Waals surface area contributed by atoms with Crippen molar-refractivity contribution in [2.24, 2.45) is 4.99 Å². The number of nitrogens with zero attached hydrogens (tertiary/aromatic N) is 2. The van der Waals surface area contributed by atoms with Gasteiger partial charge in [0, 0.05) is 25.4 Å². The number of rotatable bonds is 8. The summed E-state index contributed by atoms with van der Waals surface area (Å²) in [6.07, 6.45) is 5.86. The summed E-state index contributed by atoms with van der Waals surface area (Å²) in [4.78, 5) is 9.01. The van der Waals surface area contributed by atoms with Gasteiger partial charge in [-0.15, -0.1) is 0 Å². The largest absolute Gasteiger partial charge is 0.475 e. The number of fused-ring (bicyclic) bond motifs is 2. The fraction of sp³-hybridized carbons (Fsp3) is 0.667. The minimum Gasteiger partial charge on any atom is -0.475 e. The highest BCUT2D eigenvalue weighted by molar-refractivity contribution is 5.80. The van der Waals surface area contributed by atoms with Crippen molar-refractivity contribution >= 4 is 5.96 Å². The third-order valence-electron chi connectivity index (χ3n) is 4.56. The molecule has 2 fully saturated rings. The molecule has 3 unspecified atom stereocenters. The first-order valence-corrected chi connectivity index (χ1v) is 9.06. The summed E-state index contributed by atoms with van der Waals surface area (Å²) in [7, 11) is 1.65. The number of ether oxygens (including phenoxy) is 3. The Labute approximate surface area is 149 Å². The zero-order valence-corrected chi connectivity index (χ0v) is 15.0. The summed E-state index contributed by atoms with van der Waals surface area (Å²) in [5, 5.41) is 6.84. The molecule has 2 N–H and O–H groups in total. The molecule has 3 rings (SSSR count). The molecule has 0 aliphatic carbocycles. The van der Waals surface area contributed by atoms with Gasteiger partial charge < -0.3 is 24.8 Å². The molecule has 7 nitrogen and oxygen atoms in total. The molecule has 0 aromatic carbocycles. The van der Waals surface area contributed by atoms with Gasteiger partial charge in [-0.25, -0.2) is 9.98 Å². The van der Waals surface area contributed by atoms with Crippen LogP contribution in [0.1, 0.15) is 31.7 Å². The summed E-state index contributed by atoms with van der Waals surface area (Å²) < 4.78 is 16.6. The first-order valence-electron chi connectivity index (χ1n) is 9.06. The van der Waals surface area contributed by atoms with Crippen LogP contribution in [-0.4, -0.2) is 56.1 Å². The van der Waals surface area contributed by atoms with Crippen LogP contribution in [0.4, 0.5) is 0 Å². The van der Waals surface area contributed by atoms with E-state index in [1.54, 1.807) is 13.3 Å². The quantitative estimate of drug-likeness (QED) is 0.421. The lowest BCUT2D eigenvalue weighted by molar-refractivity contribution is 0.0992. The fourth-order valence-corrected chi connectivity index (χ4v) is 3.35. The van der Waals surface area contributed by atoms with Crippen LogP contribution in [0.15, 0.2) is 23.3 Å². The summed E-state index contributed by atoms with van der Waals surface area (Å²) >= 11 is 0. The van der Waals surface area contributed by atoms with Crippen LogP contribution in [0.3, 0.4) is 0 Å². The molecular weight excluding hydrogens is 320 g/mol. The van der Waals surface area contributed by atoms with E-state index in [9.17, 15) is 0 Å². The van der Waals surface area contributed by atoms with Crippen LogP contribution in [0.2, 0.25) is 0 Å². The Kier molecular flexibility index (Phi) is 6.47. The molecule has 0 spiro atoms. The summed E-state index contributed by atoms with van der Waals surface area (Å²) in [5.74, 6) is 1.43. The van der Waals surface area contributed by atoms with E-state index in [2.05, 4.69) is 22.5 Å². The van der Waals surface area contributed by atoms with Gasteiger partial charge in [-0.05, 0) is 32.3 Å². The third-order valence-corrected chi connectivity index (χ3v) is 4.56. The molecule has 1 aromatic rings. The van der Waals surface area contributed by atoms with Crippen LogP contribution in [0.25, 0.3) is 0 Å². The van der Waals surface area contributed by atoms with Crippen LogP contribution < -0.4 is 15.4 Å². The molecule has 2 aliphatic heterocycles. The normalized spacial score (nSPS) is 25.2. The zero-order valence-electron chi connectivity index (χ0n) is 15.0. The van der Waals surface area contributed by atoms with Crippen molar-refractivity contribution < 1.29 is 14.2 Å². The van der Waals surface area contributed by atoms with Crippen molar-refractivity contribution in [2.75, 3.05) is 26.9 Å². The first-order chi connectivity index (χ1) is 12.3. The second-order valence-corrected chi connectivity index (χ2v) is 6.36. The van der Waals surface area contributed by atoms with Crippen molar-refractivity contribution in [1.82, 2.24) is 15.6 Å². The highest BCUT2D eigenvalue weighted by atomic mass is 16.5. The number of hydrogen-bond donors (Lipinski definition) is 2. The Balaban J connectivity index is 1.61. The Morgan fingerprint density at radius 3 is 3.04 bits per heavy atom. The maximum absolute atomic E-state index is 5.91. The standard InChI is InChI=1S/C18H28N4O3/c1-3-19-18(22-15-11-14-6-7-16(15)25-14)21-12-13-5-4-8-20-17(13)24-10-9-23-2/h4-5,8,14-16H,3,6-7,9-12H2,1-2H3,(H2,19,21,22). The van der Waals surface area contributed by atoms with E-state index in [1.165, 1.54) is 6.42 Å². The Morgan fingerprint density at radius 2 is 2.32 bits per heavy atom. The summed E-state index contributed by atoms with van der Waals surface area (Å²) in [6, 6.07) is 4.24. The molecule has 3 heterocycles. The molecule has 1 aromatic heterocycles. The number of nitrogens with one attached hydrogen (secondary N) is 2. The minimum absolute atomic E-state index is 0.320. The number of pyridine rings is 1. The Hall–Kier alpha value is -1.86. The van der Waals surface area contributed by atoms with Crippen LogP contribution in [-0.2, 0) is 16.0 Å². The highest BCUT2D eigenvalue weighted by Gasteiger charge is 2.41. The van der Waals surface area contributed by atoms with E-state index in [0.29, 0.717) is 43.9 Å². The van der Waals surface area contributed by atoms with E-state index < -0.39 is 0 Å². The molecule has 138 valence electrons.